The van der Waals surface area contributed by atoms with Gasteiger partial charge >= 0.3 is 0 Å². The number of aromatic nitrogens is 2. The van der Waals surface area contributed by atoms with Crippen LogP contribution < -0.4 is 0 Å². The Morgan fingerprint density at radius 2 is 1.82 bits per heavy atom. The second-order valence-corrected chi connectivity index (χ2v) is 6.37. The molecule has 118 valence electrons. The van der Waals surface area contributed by atoms with Gasteiger partial charge in [0.15, 0.2) is 0 Å². The van der Waals surface area contributed by atoms with Crippen LogP contribution in [0.5, 0.6) is 0 Å². The number of likely N-dealkylation sites (tertiary alicyclic amines) is 2. The summed E-state index contributed by atoms with van der Waals surface area (Å²) in [5, 5.41) is 0. The average Bonchev–Trinajstić information content (AvgIpc) is 2.46. The lowest BCUT2D eigenvalue weighted by Gasteiger charge is -2.45. The number of piperidine rings is 1. The molecule has 2 aliphatic heterocycles. The smallest absolute Gasteiger partial charge is 0.274 e. The van der Waals surface area contributed by atoms with Crippen molar-refractivity contribution in [3.8, 4) is 0 Å². The zero-order valence-corrected chi connectivity index (χ0v) is 13.1. The summed E-state index contributed by atoms with van der Waals surface area (Å²) in [5.41, 5.74) is 0.341. The predicted octanol–water partition coefficient (Wildman–Crippen LogP) is 1.34. The van der Waals surface area contributed by atoms with Gasteiger partial charge in [-0.15, -0.1) is 0 Å². The van der Waals surface area contributed by atoms with Crippen LogP contribution in [0.4, 0.5) is 0 Å². The van der Waals surface area contributed by atoms with Crippen LogP contribution in [0.3, 0.4) is 0 Å². The van der Waals surface area contributed by atoms with Crippen molar-refractivity contribution in [3.05, 3.63) is 24.3 Å². The first-order chi connectivity index (χ1) is 10.6. The fourth-order valence-electron chi connectivity index (χ4n) is 3.44. The van der Waals surface area contributed by atoms with Gasteiger partial charge in [-0.25, -0.2) is 4.98 Å². The first-order valence-corrected chi connectivity index (χ1v) is 7.95. The maximum absolute atomic E-state index is 12.7. The van der Waals surface area contributed by atoms with Gasteiger partial charge in [0.1, 0.15) is 5.69 Å². The molecule has 22 heavy (non-hydrogen) atoms. The number of hydrogen-bond donors (Lipinski definition) is 0. The third-order valence-corrected chi connectivity index (χ3v) is 4.75. The van der Waals surface area contributed by atoms with E-state index in [1.165, 1.54) is 18.8 Å². The van der Waals surface area contributed by atoms with Crippen molar-refractivity contribution in [1.29, 1.82) is 0 Å². The number of hydrogen-bond acceptors (Lipinski definition) is 4. The quantitative estimate of drug-likeness (QED) is 0.827. The van der Waals surface area contributed by atoms with Crippen molar-refractivity contribution in [2.45, 2.75) is 45.2 Å². The molecule has 2 amide bonds. The van der Waals surface area contributed by atoms with Crippen molar-refractivity contribution >= 4 is 11.8 Å². The second kappa shape index (κ2) is 6.02. The van der Waals surface area contributed by atoms with E-state index in [0.717, 1.165) is 12.8 Å². The highest BCUT2D eigenvalue weighted by atomic mass is 16.2. The summed E-state index contributed by atoms with van der Waals surface area (Å²) in [4.78, 5) is 36.5. The fraction of sp³-hybridized carbons (Fsp3) is 0.625. The van der Waals surface area contributed by atoms with Gasteiger partial charge in [0.25, 0.3) is 5.91 Å². The standard InChI is InChI=1S/C16H22N4O2/c1-11-4-3-5-12(2)20(11)15(21)13-9-19(10-13)16(22)14-8-17-6-7-18-14/h6-8,11-13H,3-5,9-10H2,1-2H3. The summed E-state index contributed by atoms with van der Waals surface area (Å²) in [6.45, 7) is 5.22. The van der Waals surface area contributed by atoms with E-state index in [2.05, 4.69) is 23.8 Å². The van der Waals surface area contributed by atoms with E-state index in [1.807, 2.05) is 4.90 Å². The second-order valence-electron chi connectivity index (χ2n) is 6.37. The molecular formula is C16H22N4O2. The molecule has 0 aliphatic carbocycles. The van der Waals surface area contributed by atoms with Gasteiger partial charge in [0.05, 0.1) is 12.1 Å². The summed E-state index contributed by atoms with van der Waals surface area (Å²) < 4.78 is 0. The van der Waals surface area contributed by atoms with Crippen LogP contribution in [0.1, 0.15) is 43.6 Å². The van der Waals surface area contributed by atoms with Crippen LogP contribution in [-0.2, 0) is 4.79 Å². The Hall–Kier alpha value is -1.98. The summed E-state index contributed by atoms with van der Waals surface area (Å²) in [7, 11) is 0. The zero-order valence-electron chi connectivity index (χ0n) is 13.1. The van der Waals surface area contributed by atoms with Crippen LogP contribution in [0.15, 0.2) is 18.6 Å². The van der Waals surface area contributed by atoms with Gasteiger partial charge in [-0.05, 0) is 33.1 Å². The molecule has 2 fully saturated rings. The topological polar surface area (TPSA) is 66.4 Å². The number of rotatable bonds is 2. The van der Waals surface area contributed by atoms with Crippen LogP contribution in [0.25, 0.3) is 0 Å². The van der Waals surface area contributed by atoms with Crippen molar-refractivity contribution in [2.24, 2.45) is 5.92 Å². The molecule has 0 N–H and O–H groups in total. The van der Waals surface area contributed by atoms with Gasteiger partial charge in [-0.1, -0.05) is 0 Å². The van der Waals surface area contributed by atoms with Crippen LogP contribution in [0.2, 0.25) is 0 Å². The van der Waals surface area contributed by atoms with Gasteiger partial charge in [-0.2, -0.15) is 0 Å². The highest BCUT2D eigenvalue weighted by Crippen LogP contribution is 2.28. The van der Waals surface area contributed by atoms with Crippen molar-refractivity contribution in [1.82, 2.24) is 19.8 Å². The molecule has 3 rings (SSSR count). The van der Waals surface area contributed by atoms with Crippen LogP contribution in [0, 0.1) is 5.92 Å². The molecule has 2 saturated heterocycles. The third kappa shape index (κ3) is 2.69. The van der Waals surface area contributed by atoms with E-state index in [-0.39, 0.29) is 17.7 Å². The van der Waals surface area contributed by atoms with Crippen molar-refractivity contribution in [2.75, 3.05) is 13.1 Å². The van der Waals surface area contributed by atoms with E-state index in [0.29, 0.717) is 30.9 Å². The maximum atomic E-state index is 12.7. The number of amides is 2. The molecule has 0 bridgehead atoms. The molecule has 2 aliphatic rings. The minimum atomic E-state index is -0.142. The van der Waals surface area contributed by atoms with E-state index >= 15 is 0 Å². The minimum absolute atomic E-state index is 0.0661. The van der Waals surface area contributed by atoms with Gasteiger partial charge in [0, 0.05) is 37.6 Å². The summed E-state index contributed by atoms with van der Waals surface area (Å²) >= 11 is 0. The Bertz CT molecular complexity index is 547. The molecule has 6 nitrogen and oxygen atoms in total. The fourth-order valence-corrected chi connectivity index (χ4v) is 3.44. The molecule has 6 heteroatoms. The molecule has 0 saturated carbocycles. The first kappa shape index (κ1) is 14.9. The number of carbonyl (C=O) groups excluding carboxylic acids is 2. The van der Waals surface area contributed by atoms with E-state index < -0.39 is 0 Å². The molecule has 1 aromatic rings. The maximum Gasteiger partial charge on any atom is 0.274 e. The molecule has 1 aromatic heterocycles. The van der Waals surface area contributed by atoms with Crippen LogP contribution in [-0.4, -0.2) is 56.8 Å². The van der Waals surface area contributed by atoms with Crippen LogP contribution >= 0.6 is 0 Å². The average molecular weight is 302 g/mol. The first-order valence-electron chi connectivity index (χ1n) is 7.95. The molecule has 0 spiro atoms. The predicted molar refractivity (Wildman–Crippen MR) is 81.0 cm³/mol. The SMILES string of the molecule is CC1CCCC(C)N1C(=O)C1CN(C(=O)c2cnccn2)C1. The Kier molecular flexibility index (Phi) is 4.09. The van der Waals surface area contributed by atoms with Gasteiger partial charge in [-0.3, -0.25) is 14.6 Å². The molecule has 2 unspecified atom stereocenters. The summed E-state index contributed by atoms with van der Waals surface area (Å²) in [6, 6.07) is 0.613. The Morgan fingerprint density at radius 1 is 1.14 bits per heavy atom. The summed E-state index contributed by atoms with van der Waals surface area (Å²) in [6.07, 6.45) is 7.85. The normalized spacial score (nSPS) is 25.7. The van der Waals surface area contributed by atoms with Crippen molar-refractivity contribution < 1.29 is 9.59 Å². The lowest BCUT2D eigenvalue weighted by molar-refractivity contribution is -0.146. The lowest BCUT2D eigenvalue weighted by atomic mass is 9.92. The van der Waals surface area contributed by atoms with E-state index in [9.17, 15) is 9.59 Å². The molecule has 0 radical (unpaired) electrons. The van der Waals surface area contributed by atoms with E-state index in [4.69, 9.17) is 0 Å². The summed E-state index contributed by atoms with van der Waals surface area (Å²) in [5.74, 6) is -0.0107. The monoisotopic (exact) mass is 302 g/mol. The minimum Gasteiger partial charge on any atom is -0.337 e. The van der Waals surface area contributed by atoms with E-state index in [1.54, 1.807) is 11.1 Å². The highest BCUT2D eigenvalue weighted by molar-refractivity contribution is 5.94. The molecule has 2 atom stereocenters. The largest absolute Gasteiger partial charge is 0.337 e. The number of nitrogens with zero attached hydrogens (tertiary/aromatic N) is 4. The van der Waals surface area contributed by atoms with Gasteiger partial charge in [0.2, 0.25) is 5.91 Å². The zero-order chi connectivity index (χ0) is 15.7. The molecule has 0 aromatic carbocycles. The third-order valence-electron chi connectivity index (χ3n) is 4.75. The Balaban J connectivity index is 1.59. The lowest BCUT2D eigenvalue weighted by Crippen LogP contribution is -2.59. The molecule has 3 heterocycles. The molecular weight excluding hydrogens is 280 g/mol. The Morgan fingerprint density at radius 3 is 2.41 bits per heavy atom. The Labute approximate surface area is 130 Å². The number of carbonyl (C=O) groups is 2. The highest BCUT2D eigenvalue weighted by Gasteiger charge is 2.41. The van der Waals surface area contributed by atoms with Gasteiger partial charge < -0.3 is 9.80 Å². The van der Waals surface area contributed by atoms with Crippen molar-refractivity contribution in [3.63, 3.8) is 0 Å².